The van der Waals surface area contributed by atoms with E-state index < -0.39 is 5.60 Å². The number of nitrogens with zero attached hydrogens (tertiary/aromatic N) is 1. The van der Waals surface area contributed by atoms with E-state index in [0.29, 0.717) is 18.5 Å². The number of carbonyl (C=O) groups is 1. The van der Waals surface area contributed by atoms with Crippen LogP contribution in [0.25, 0.3) is 0 Å². The number of carbonyl (C=O) groups excluding carboxylic acids is 1. The van der Waals surface area contributed by atoms with Gasteiger partial charge in [-0.3, -0.25) is 4.79 Å². The summed E-state index contributed by atoms with van der Waals surface area (Å²) in [5.74, 6) is -0.218. The number of hydrogen-bond donors (Lipinski definition) is 2. The van der Waals surface area contributed by atoms with Crippen LogP contribution >= 0.6 is 11.3 Å². The van der Waals surface area contributed by atoms with Crippen molar-refractivity contribution in [3.05, 3.63) is 16.1 Å². The average molecular weight is 242 g/mol. The molecule has 0 aliphatic rings. The first kappa shape index (κ1) is 13.1. The zero-order chi connectivity index (χ0) is 12.2. The molecule has 1 aromatic rings. The van der Waals surface area contributed by atoms with Crippen molar-refractivity contribution in [1.82, 2.24) is 10.3 Å². The number of aryl methyl sites for hydroxylation is 1. The topological polar surface area (TPSA) is 62.2 Å². The minimum Gasteiger partial charge on any atom is -0.388 e. The summed E-state index contributed by atoms with van der Waals surface area (Å²) in [6.07, 6.45) is 1.25. The quantitative estimate of drug-likeness (QED) is 0.826. The lowest BCUT2D eigenvalue weighted by atomic mass is 9.97. The summed E-state index contributed by atoms with van der Waals surface area (Å²) in [5, 5.41) is 15.3. The maximum Gasteiger partial charge on any atom is 0.270 e. The van der Waals surface area contributed by atoms with Gasteiger partial charge in [0.05, 0.1) is 10.6 Å². The van der Waals surface area contributed by atoms with Crippen LogP contribution in [0.2, 0.25) is 0 Å². The van der Waals surface area contributed by atoms with Crippen molar-refractivity contribution in [3.63, 3.8) is 0 Å². The van der Waals surface area contributed by atoms with Gasteiger partial charge in [0.25, 0.3) is 5.91 Å². The Balaban J connectivity index is 2.53. The SMILES string of the molecule is CCC(O)(CC)CNC(=O)c1csc(C)n1. The maximum atomic E-state index is 11.7. The van der Waals surface area contributed by atoms with E-state index in [1.165, 1.54) is 11.3 Å². The van der Waals surface area contributed by atoms with Gasteiger partial charge >= 0.3 is 0 Å². The Morgan fingerprint density at radius 3 is 2.62 bits per heavy atom. The fourth-order valence-corrected chi connectivity index (χ4v) is 1.90. The molecule has 2 N–H and O–H groups in total. The Bertz CT molecular complexity index is 359. The van der Waals surface area contributed by atoms with E-state index in [2.05, 4.69) is 10.3 Å². The highest BCUT2D eigenvalue weighted by Gasteiger charge is 2.23. The molecule has 0 aliphatic heterocycles. The van der Waals surface area contributed by atoms with E-state index in [0.717, 1.165) is 5.01 Å². The van der Waals surface area contributed by atoms with E-state index >= 15 is 0 Å². The molecular weight excluding hydrogens is 224 g/mol. The number of aliphatic hydroxyl groups is 1. The molecule has 0 saturated heterocycles. The summed E-state index contributed by atoms with van der Waals surface area (Å²) >= 11 is 1.44. The molecule has 4 nitrogen and oxygen atoms in total. The Morgan fingerprint density at radius 1 is 1.56 bits per heavy atom. The van der Waals surface area contributed by atoms with E-state index in [1.807, 2.05) is 20.8 Å². The predicted octanol–water partition coefficient (Wildman–Crippen LogP) is 1.73. The molecule has 1 aromatic heterocycles. The first-order valence-corrected chi connectivity index (χ1v) is 6.31. The van der Waals surface area contributed by atoms with E-state index in [4.69, 9.17) is 0 Å². The van der Waals surface area contributed by atoms with Crippen LogP contribution in [0, 0.1) is 6.92 Å². The van der Waals surface area contributed by atoms with E-state index in [9.17, 15) is 9.90 Å². The van der Waals surface area contributed by atoms with Crippen LogP contribution in [-0.4, -0.2) is 28.1 Å². The summed E-state index contributed by atoms with van der Waals surface area (Å²) in [7, 11) is 0. The molecule has 90 valence electrons. The van der Waals surface area contributed by atoms with Crippen molar-refractivity contribution in [1.29, 1.82) is 0 Å². The number of rotatable bonds is 5. The molecule has 16 heavy (non-hydrogen) atoms. The normalized spacial score (nSPS) is 11.5. The number of amides is 1. The molecular formula is C11H18N2O2S. The molecule has 5 heteroatoms. The molecule has 0 spiro atoms. The molecule has 0 aromatic carbocycles. The third-order valence-corrected chi connectivity index (χ3v) is 3.52. The molecule has 0 atom stereocenters. The highest BCUT2D eigenvalue weighted by molar-refractivity contribution is 7.09. The Labute approximate surface area is 99.7 Å². The number of aromatic nitrogens is 1. The molecule has 1 heterocycles. The van der Waals surface area contributed by atoms with Crippen molar-refractivity contribution in [2.24, 2.45) is 0 Å². The second-order valence-corrected chi connectivity index (χ2v) is 4.93. The molecule has 0 bridgehead atoms. The van der Waals surface area contributed by atoms with Gasteiger partial charge in [-0.1, -0.05) is 13.8 Å². The lowest BCUT2D eigenvalue weighted by molar-refractivity contribution is 0.0313. The van der Waals surface area contributed by atoms with Crippen molar-refractivity contribution in [2.75, 3.05) is 6.54 Å². The summed E-state index contributed by atoms with van der Waals surface area (Å²) < 4.78 is 0. The largest absolute Gasteiger partial charge is 0.388 e. The summed E-state index contributed by atoms with van der Waals surface area (Å²) in [6, 6.07) is 0. The Kier molecular flexibility index (Phi) is 4.44. The fourth-order valence-electron chi connectivity index (χ4n) is 1.30. The average Bonchev–Trinajstić information content (AvgIpc) is 2.72. The number of hydrogen-bond acceptors (Lipinski definition) is 4. The van der Waals surface area contributed by atoms with E-state index in [1.54, 1.807) is 5.38 Å². The van der Waals surface area contributed by atoms with Crippen LogP contribution < -0.4 is 5.32 Å². The van der Waals surface area contributed by atoms with Crippen LogP contribution in [0.15, 0.2) is 5.38 Å². The van der Waals surface area contributed by atoms with Crippen LogP contribution in [0.5, 0.6) is 0 Å². The third-order valence-electron chi connectivity index (χ3n) is 2.75. The summed E-state index contributed by atoms with van der Waals surface area (Å²) in [4.78, 5) is 15.7. The Hall–Kier alpha value is -0.940. The second kappa shape index (κ2) is 5.41. The number of nitrogens with one attached hydrogen (secondary N) is 1. The maximum absolute atomic E-state index is 11.7. The van der Waals surface area contributed by atoms with Gasteiger partial charge in [0, 0.05) is 11.9 Å². The molecule has 0 aliphatic carbocycles. The second-order valence-electron chi connectivity index (χ2n) is 3.87. The summed E-state index contributed by atoms with van der Waals surface area (Å²) in [5.41, 5.74) is -0.377. The molecule has 1 amide bonds. The van der Waals surface area contributed by atoms with Crippen molar-refractivity contribution < 1.29 is 9.90 Å². The first-order valence-electron chi connectivity index (χ1n) is 5.43. The predicted molar refractivity (Wildman–Crippen MR) is 64.7 cm³/mol. The van der Waals surface area contributed by atoms with Crippen LogP contribution in [0.1, 0.15) is 42.2 Å². The van der Waals surface area contributed by atoms with Gasteiger partial charge in [0.2, 0.25) is 0 Å². The van der Waals surface area contributed by atoms with Gasteiger partial charge in [0.15, 0.2) is 0 Å². The lowest BCUT2D eigenvalue weighted by Crippen LogP contribution is -2.42. The standard InChI is InChI=1S/C11H18N2O2S/c1-4-11(15,5-2)7-12-10(14)9-6-16-8(3)13-9/h6,15H,4-5,7H2,1-3H3,(H,12,14). The zero-order valence-corrected chi connectivity index (χ0v) is 10.7. The third kappa shape index (κ3) is 3.28. The minimum atomic E-state index is -0.805. The molecule has 0 radical (unpaired) electrons. The van der Waals surface area contributed by atoms with Gasteiger partial charge in [-0.05, 0) is 19.8 Å². The first-order chi connectivity index (χ1) is 7.50. The van der Waals surface area contributed by atoms with Crippen molar-refractivity contribution in [3.8, 4) is 0 Å². The van der Waals surface area contributed by atoms with Crippen LogP contribution in [0.4, 0.5) is 0 Å². The molecule has 0 unspecified atom stereocenters. The van der Waals surface area contributed by atoms with Crippen molar-refractivity contribution in [2.45, 2.75) is 39.2 Å². The highest BCUT2D eigenvalue weighted by atomic mass is 32.1. The smallest absolute Gasteiger partial charge is 0.270 e. The van der Waals surface area contributed by atoms with Gasteiger partial charge in [-0.15, -0.1) is 11.3 Å². The van der Waals surface area contributed by atoms with Crippen LogP contribution in [-0.2, 0) is 0 Å². The minimum absolute atomic E-state index is 0.218. The molecule has 1 rings (SSSR count). The summed E-state index contributed by atoms with van der Waals surface area (Å²) in [6.45, 7) is 5.94. The highest BCUT2D eigenvalue weighted by Crippen LogP contribution is 2.13. The van der Waals surface area contributed by atoms with Gasteiger partial charge < -0.3 is 10.4 Å². The van der Waals surface area contributed by atoms with Gasteiger partial charge in [0.1, 0.15) is 5.69 Å². The van der Waals surface area contributed by atoms with Gasteiger partial charge in [-0.25, -0.2) is 4.98 Å². The fraction of sp³-hybridized carbons (Fsp3) is 0.636. The molecule has 0 fully saturated rings. The molecule has 0 saturated carbocycles. The van der Waals surface area contributed by atoms with Crippen LogP contribution in [0.3, 0.4) is 0 Å². The monoisotopic (exact) mass is 242 g/mol. The zero-order valence-electron chi connectivity index (χ0n) is 9.91. The number of thiazole rings is 1. The lowest BCUT2D eigenvalue weighted by Gasteiger charge is -2.25. The van der Waals surface area contributed by atoms with Gasteiger partial charge in [-0.2, -0.15) is 0 Å². The Morgan fingerprint density at radius 2 is 2.19 bits per heavy atom. The van der Waals surface area contributed by atoms with Crippen molar-refractivity contribution >= 4 is 17.2 Å². The van der Waals surface area contributed by atoms with E-state index in [-0.39, 0.29) is 12.5 Å².